The molecule has 2 N–H and O–H groups in total. The van der Waals surface area contributed by atoms with Gasteiger partial charge in [0, 0.05) is 10.8 Å². The highest BCUT2D eigenvalue weighted by atomic mass is 79.9. The molecule has 0 radical (unpaired) electrons. The maximum absolute atomic E-state index is 12.3. The SMILES string of the molecule is O=C(Nc1nc2c(s1)CCC2)c1n[nH]c(C2CC2)c1Br. The summed E-state index contributed by atoms with van der Waals surface area (Å²) in [5.74, 6) is 0.328. The van der Waals surface area contributed by atoms with Crippen LogP contribution in [0.1, 0.15) is 51.9 Å². The van der Waals surface area contributed by atoms with Crippen LogP contribution in [-0.4, -0.2) is 21.1 Å². The summed E-state index contributed by atoms with van der Waals surface area (Å²) in [7, 11) is 0. The second-order valence-electron chi connectivity index (χ2n) is 5.27. The van der Waals surface area contributed by atoms with E-state index in [9.17, 15) is 4.79 Å². The highest BCUT2D eigenvalue weighted by Crippen LogP contribution is 2.43. The van der Waals surface area contributed by atoms with Gasteiger partial charge < -0.3 is 0 Å². The quantitative estimate of drug-likeness (QED) is 0.890. The van der Waals surface area contributed by atoms with E-state index in [1.165, 1.54) is 24.1 Å². The number of nitrogens with one attached hydrogen (secondary N) is 2. The van der Waals surface area contributed by atoms with E-state index >= 15 is 0 Å². The van der Waals surface area contributed by atoms with E-state index in [1.54, 1.807) is 11.3 Å². The molecule has 5 nitrogen and oxygen atoms in total. The minimum Gasteiger partial charge on any atom is -0.296 e. The van der Waals surface area contributed by atoms with Crippen LogP contribution >= 0.6 is 27.3 Å². The normalized spacial score (nSPS) is 17.2. The zero-order chi connectivity index (χ0) is 13.7. The van der Waals surface area contributed by atoms with Crippen LogP contribution in [0.15, 0.2) is 4.47 Å². The van der Waals surface area contributed by atoms with Crippen LogP contribution in [-0.2, 0) is 12.8 Å². The second-order valence-corrected chi connectivity index (χ2v) is 7.15. The van der Waals surface area contributed by atoms with Gasteiger partial charge in [0.2, 0.25) is 0 Å². The summed E-state index contributed by atoms with van der Waals surface area (Å²) < 4.78 is 0.793. The Hall–Kier alpha value is -1.21. The zero-order valence-corrected chi connectivity index (χ0v) is 13.1. The predicted octanol–water partition coefficient (Wildman–Crippen LogP) is 3.25. The number of H-pyrrole nitrogens is 1. The van der Waals surface area contributed by atoms with Gasteiger partial charge in [0.25, 0.3) is 5.91 Å². The topological polar surface area (TPSA) is 70.7 Å². The number of hydrogen-bond donors (Lipinski definition) is 2. The van der Waals surface area contributed by atoms with E-state index in [4.69, 9.17) is 0 Å². The smallest absolute Gasteiger partial charge is 0.279 e. The highest BCUT2D eigenvalue weighted by molar-refractivity contribution is 9.10. The van der Waals surface area contributed by atoms with Crippen LogP contribution in [0, 0.1) is 0 Å². The summed E-state index contributed by atoms with van der Waals surface area (Å²) in [6, 6.07) is 0. The van der Waals surface area contributed by atoms with Gasteiger partial charge in [-0.3, -0.25) is 15.2 Å². The number of halogens is 1. The molecule has 0 spiro atoms. The van der Waals surface area contributed by atoms with Gasteiger partial charge in [-0.15, -0.1) is 11.3 Å². The van der Waals surface area contributed by atoms with Gasteiger partial charge in [-0.2, -0.15) is 5.10 Å². The van der Waals surface area contributed by atoms with Crippen LogP contribution < -0.4 is 5.32 Å². The van der Waals surface area contributed by atoms with Gasteiger partial charge in [-0.25, -0.2) is 4.98 Å². The van der Waals surface area contributed by atoms with Crippen LogP contribution in [0.25, 0.3) is 0 Å². The number of amides is 1. The third kappa shape index (κ3) is 2.09. The van der Waals surface area contributed by atoms with Crippen LogP contribution in [0.4, 0.5) is 5.13 Å². The van der Waals surface area contributed by atoms with Crippen molar-refractivity contribution in [1.82, 2.24) is 15.2 Å². The number of nitrogens with zero attached hydrogens (tertiary/aromatic N) is 2. The van der Waals surface area contributed by atoms with Gasteiger partial charge in [0.15, 0.2) is 10.8 Å². The van der Waals surface area contributed by atoms with Crippen LogP contribution in [0.5, 0.6) is 0 Å². The number of hydrogen-bond acceptors (Lipinski definition) is 4. The maximum Gasteiger partial charge on any atom is 0.279 e. The molecule has 2 aliphatic carbocycles. The van der Waals surface area contributed by atoms with Gasteiger partial charge in [-0.1, -0.05) is 0 Å². The number of thiazole rings is 1. The largest absolute Gasteiger partial charge is 0.296 e. The molecule has 2 heterocycles. The highest BCUT2D eigenvalue weighted by Gasteiger charge is 2.30. The number of carbonyl (C=O) groups excluding carboxylic acids is 1. The van der Waals surface area contributed by atoms with Crippen molar-refractivity contribution in [2.45, 2.75) is 38.0 Å². The van der Waals surface area contributed by atoms with Crippen molar-refractivity contribution < 1.29 is 4.79 Å². The number of anilines is 1. The summed E-state index contributed by atoms with van der Waals surface area (Å²) in [6.07, 6.45) is 5.63. The third-order valence-corrected chi connectivity index (χ3v) is 5.62. The first kappa shape index (κ1) is 12.5. The van der Waals surface area contributed by atoms with Gasteiger partial charge >= 0.3 is 0 Å². The Balaban J connectivity index is 1.54. The molecule has 0 aromatic carbocycles. The Morgan fingerprint density at radius 2 is 2.25 bits per heavy atom. The molecular weight excluding hydrogens is 340 g/mol. The monoisotopic (exact) mass is 352 g/mol. The number of carbonyl (C=O) groups is 1. The molecule has 2 aromatic rings. The molecule has 0 unspecified atom stereocenters. The van der Waals surface area contributed by atoms with E-state index in [1.807, 2.05) is 0 Å². The van der Waals surface area contributed by atoms with E-state index in [2.05, 4.69) is 36.4 Å². The van der Waals surface area contributed by atoms with Crippen molar-refractivity contribution in [1.29, 1.82) is 0 Å². The summed E-state index contributed by atoms with van der Waals surface area (Å²) in [4.78, 5) is 18.0. The van der Waals surface area contributed by atoms with E-state index in [-0.39, 0.29) is 5.91 Å². The molecule has 104 valence electrons. The third-order valence-electron chi connectivity index (χ3n) is 3.75. The fraction of sp³-hybridized carbons (Fsp3) is 0.462. The number of aryl methyl sites for hydroxylation is 2. The van der Waals surface area contributed by atoms with Gasteiger partial charge in [0.05, 0.1) is 15.9 Å². The lowest BCUT2D eigenvalue weighted by Gasteiger charge is -1.99. The molecule has 4 rings (SSSR count). The number of aromatic nitrogens is 3. The van der Waals surface area contributed by atoms with E-state index in [0.717, 1.165) is 28.7 Å². The Labute approximate surface area is 128 Å². The summed E-state index contributed by atoms with van der Waals surface area (Å²) in [6.45, 7) is 0. The van der Waals surface area contributed by atoms with Gasteiger partial charge in [-0.05, 0) is 48.0 Å². The van der Waals surface area contributed by atoms with Crippen molar-refractivity contribution in [3.63, 3.8) is 0 Å². The molecule has 2 aliphatic rings. The molecule has 0 atom stereocenters. The Bertz CT molecular complexity index is 667. The molecule has 2 aromatic heterocycles. The molecule has 1 amide bonds. The Kier molecular flexibility index (Phi) is 2.92. The lowest BCUT2D eigenvalue weighted by atomic mass is 10.2. The first-order valence-electron chi connectivity index (χ1n) is 6.76. The van der Waals surface area contributed by atoms with E-state index in [0.29, 0.717) is 16.7 Å². The summed E-state index contributed by atoms with van der Waals surface area (Å²) in [5, 5.41) is 10.6. The lowest BCUT2D eigenvalue weighted by molar-refractivity contribution is 0.102. The average molecular weight is 353 g/mol. The Morgan fingerprint density at radius 1 is 1.40 bits per heavy atom. The molecule has 0 bridgehead atoms. The zero-order valence-electron chi connectivity index (χ0n) is 10.7. The Morgan fingerprint density at radius 3 is 3.00 bits per heavy atom. The molecule has 0 saturated heterocycles. The second kappa shape index (κ2) is 4.66. The molecule has 20 heavy (non-hydrogen) atoms. The fourth-order valence-electron chi connectivity index (χ4n) is 2.53. The predicted molar refractivity (Wildman–Crippen MR) is 80.4 cm³/mol. The molecule has 1 saturated carbocycles. The number of aromatic amines is 1. The number of rotatable bonds is 3. The standard InChI is InChI=1S/C13H13BrN4OS/c14-9-10(6-4-5-6)17-18-11(9)12(19)16-13-15-7-2-1-3-8(7)20-13/h6H,1-5H2,(H,17,18)(H,15,16,19). The molecule has 7 heteroatoms. The minimum atomic E-state index is -0.201. The van der Waals surface area contributed by atoms with Gasteiger partial charge in [0.1, 0.15) is 0 Å². The van der Waals surface area contributed by atoms with Crippen LogP contribution in [0.2, 0.25) is 0 Å². The summed E-state index contributed by atoms with van der Waals surface area (Å²) >= 11 is 5.06. The minimum absolute atomic E-state index is 0.201. The fourth-order valence-corrected chi connectivity index (χ4v) is 4.26. The first-order valence-corrected chi connectivity index (χ1v) is 8.37. The molecule has 0 aliphatic heterocycles. The number of fused-ring (bicyclic) bond motifs is 1. The van der Waals surface area contributed by atoms with Crippen molar-refractivity contribution >= 4 is 38.3 Å². The molecule has 1 fully saturated rings. The van der Waals surface area contributed by atoms with Crippen LogP contribution in [0.3, 0.4) is 0 Å². The van der Waals surface area contributed by atoms with Crippen molar-refractivity contribution in [2.24, 2.45) is 0 Å². The van der Waals surface area contributed by atoms with Crippen molar-refractivity contribution in [3.8, 4) is 0 Å². The van der Waals surface area contributed by atoms with Crippen molar-refractivity contribution in [2.75, 3.05) is 5.32 Å². The van der Waals surface area contributed by atoms with Crippen molar-refractivity contribution in [3.05, 3.63) is 26.4 Å². The maximum atomic E-state index is 12.3. The summed E-state index contributed by atoms with van der Waals surface area (Å²) in [5.41, 5.74) is 2.60. The van der Waals surface area contributed by atoms with E-state index < -0.39 is 0 Å². The lowest BCUT2D eigenvalue weighted by Crippen LogP contribution is -2.13. The average Bonchev–Trinajstić information content (AvgIpc) is 2.86. The first-order chi connectivity index (χ1) is 9.72. The molecular formula is C13H13BrN4OS.